The highest BCUT2D eigenvalue weighted by molar-refractivity contribution is 7.18. The number of rotatable bonds is 4. The van der Waals surface area contributed by atoms with Gasteiger partial charge in [-0.15, -0.1) is 0 Å². The van der Waals surface area contributed by atoms with Crippen molar-refractivity contribution in [2.75, 3.05) is 11.1 Å². The fraction of sp³-hybridized carbons (Fsp3) is 0. The molecule has 0 amide bonds. The Kier molecular flexibility index (Phi) is 4.22. The molecule has 0 saturated heterocycles. The van der Waals surface area contributed by atoms with Gasteiger partial charge in [0.2, 0.25) is 5.78 Å². The van der Waals surface area contributed by atoms with Crippen molar-refractivity contribution in [3.63, 3.8) is 0 Å². The number of benzene rings is 1. The zero-order valence-electron chi connectivity index (χ0n) is 11.6. The van der Waals surface area contributed by atoms with Gasteiger partial charge in [0.25, 0.3) is 0 Å². The number of hydrogen-bond acceptors (Lipinski definition) is 6. The number of nitrogen functional groups attached to an aromatic ring is 1. The SMILES string of the molecule is Nc1nc(Nc2ccc(Cl)c(F)c2)sc1C(=O)c1ccncc1. The molecule has 0 bridgehead atoms. The van der Waals surface area contributed by atoms with E-state index in [2.05, 4.69) is 15.3 Å². The van der Waals surface area contributed by atoms with E-state index in [0.29, 0.717) is 21.3 Å². The molecule has 23 heavy (non-hydrogen) atoms. The van der Waals surface area contributed by atoms with Gasteiger partial charge in [0.05, 0.1) is 5.02 Å². The van der Waals surface area contributed by atoms with Crippen LogP contribution in [0.3, 0.4) is 0 Å². The van der Waals surface area contributed by atoms with Crippen LogP contribution < -0.4 is 11.1 Å². The van der Waals surface area contributed by atoms with Crippen LogP contribution in [0.4, 0.5) is 21.0 Å². The summed E-state index contributed by atoms with van der Waals surface area (Å²) in [6.07, 6.45) is 3.06. The van der Waals surface area contributed by atoms with E-state index < -0.39 is 5.82 Å². The van der Waals surface area contributed by atoms with Gasteiger partial charge in [0, 0.05) is 23.6 Å². The summed E-state index contributed by atoms with van der Waals surface area (Å²) in [5, 5.41) is 3.32. The maximum atomic E-state index is 13.4. The van der Waals surface area contributed by atoms with Gasteiger partial charge in [0.15, 0.2) is 5.13 Å². The molecule has 3 N–H and O–H groups in total. The van der Waals surface area contributed by atoms with Crippen molar-refractivity contribution in [1.82, 2.24) is 9.97 Å². The standard InChI is InChI=1S/C15H10ClFN4OS/c16-10-2-1-9(7-11(10)17)20-15-21-14(18)13(23-15)12(22)8-3-5-19-6-4-8/h1-7H,18H2,(H,20,21). The van der Waals surface area contributed by atoms with Crippen molar-refractivity contribution in [3.8, 4) is 0 Å². The first-order valence-electron chi connectivity index (χ1n) is 6.47. The molecule has 0 spiro atoms. The number of ketones is 1. The Morgan fingerprint density at radius 3 is 2.70 bits per heavy atom. The van der Waals surface area contributed by atoms with Crippen molar-refractivity contribution in [2.24, 2.45) is 0 Å². The Balaban J connectivity index is 1.86. The minimum Gasteiger partial charge on any atom is -0.382 e. The quantitative estimate of drug-likeness (QED) is 0.699. The lowest BCUT2D eigenvalue weighted by molar-refractivity contribution is 0.104. The van der Waals surface area contributed by atoms with Crippen LogP contribution in [0.1, 0.15) is 15.2 Å². The molecule has 1 aromatic carbocycles. The number of nitrogens with two attached hydrogens (primary N) is 1. The summed E-state index contributed by atoms with van der Waals surface area (Å²) in [7, 11) is 0. The average molecular weight is 349 g/mol. The summed E-state index contributed by atoms with van der Waals surface area (Å²) in [4.78, 5) is 20.7. The van der Waals surface area contributed by atoms with Crippen LogP contribution in [0, 0.1) is 5.82 Å². The highest BCUT2D eigenvalue weighted by Gasteiger charge is 2.18. The zero-order valence-corrected chi connectivity index (χ0v) is 13.2. The third-order valence-corrected chi connectivity index (χ3v) is 4.26. The van der Waals surface area contributed by atoms with Gasteiger partial charge < -0.3 is 11.1 Å². The Hall–Kier alpha value is -2.51. The number of aromatic nitrogens is 2. The number of carbonyl (C=O) groups is 1. The van der Waals surface area contributed by atoms with E-state index in [1.165, 1.54) is 24.5 Å². The highest BCUT2D eigenvalue weighted by atomic mass is 35.5. The third-order valence-electron chi connectivity index (χ3n) is 2.97. The van der Waals surface area contributed by atoms with Crippen LogP contribution in [-0.2, 0) is 0 Å². The number of nitrogens with zero attached hydrogens (tertiary/aromatic N) is 2. The second-order valence-electron chi connectivity index (χ2n) is 4.55. The molecule has 0 unspecified atom stereocenters. The summed E-state index contributed by atoms with van der Waals surface area (Å²) in [6.45, 7) is 0. The normalized spacial score (nSPS) is 10.5. The molecule has 116 valence electrons. The van der Waals surface area contributed by atoms with Crippen molar-refractivity contribution in [1.29, 1.82) is 0 Å². The van der Waals surface area contributed by atoms with E-state index in [-0.39, 0.29) is 16.6 Å². The summed E-state index contributed by atoms with van der Waals surface area (Å²) in [5.74, 6) is -0.666. The van der Waals surface area contributed by atoms with Gasteiger partial charge in [-0.05, 0) is 30.3 Å². The highest BCUT2D eigenvalue weighted by Crippen LogP contribution is 2.30. The Morgan fingerprint density at radius 1 is 1.26 bits per heavy atom. The summed E-state index contributed by atoms with van der Waals surface area (Å²) in [6, 6.07) is 7.48. The van der Waals surface area contributed by atoms with E-state index in [0.717, 1.165) is 11.3 Å². The fourth-order valence-electron chi connectivity index (χ4n) is 1.88. The minimum atomic E-state index is -0.547. The predicted molar refractivity (Wildman–Crippen MR) is 88.9 cm³/mol. The van der Waals surface area contributed by atoms with Crippen molar-refractivity contribution in [2.45, 2.75) is 0 Å². The molecule has 0 aliphatic heterocycles. The van der Waals surface area contributed by atoms with Gasteiger partial charge in [-0.2, -0.15) is 0 Å². The topological polar surface area (TPSA) is 80.9 Å². The molecular weight excluding hydrogens is 339 g/mol. The lowest BCUT2D eigenvalue weighted by atomic mass is 10.1. The molecule has 8 heteroatoms. The van der Waals surface area contributed by atoms with Crippen LogP contribution in [-0.4, -0.2) is 15.8 Å². The minimum absolute atomic E-state index is 0.0303. The predicted octanol–water partition coefficient (Wildman–Crippen LogP) is 3.89. The molecular formula is C15H10ClFN4OS. The zero-order chi connectivity index (χ0) is 16.4. The monoisotopic (exact) mass is 348 g/mol. The lowest BCUT2D eigenvalue weighted by Gasteiger charge is -2.02. The van der Waals surface area contributed by atoms with Crippen molar-refractivity contribution >= 4 is 45.4 Å². The average Bonchev–Trinajstić information content (AvgIpc) is 2.91. The molecule has 0 atom stereocenters. The molecule has 5 nitrogen and oxygen atoms in total. The van der Waals surface area contributed by atoms with Crippen molar-refractivity contribution < 1.29 is 9.18 Å². The molecule has 0 aliphatic rings. The van der Waals surface area contributed by atoms with Crippen LogP contribution in [0.15, 0.2) is 42.7 Å². The number of hydrogen-bond donors (Lipinski definition) is 2. The molecule has 0 radical (unpaired) electrons. The second-order valence-corrected chi connectivity index (χ2v) is 5.96. The molecule has 3 aromatic rings. The molecule has 3 rings (SSSR count). The first-order chi connectivity index (χ1) is 11.0. The van der Waals surface area contributed by atoms with Crippen LogP contribution in [0.2, 0.25) is 5.02 Å². The largest absolute Gasteiger partial charge is 0.382 e. The maximum Gasteiger partial charge on any atom is 0.206 e. The molecule has 2 aromatic heterocycles. The van der Waals surface area contributed by atoms with E-state index in [9.17, 15) is 9.18 Å². The van der Waals surface area contributed by atoms with Gasteiger partial charge in [-0.1, -0.05) is 22.9 Å². The number of nitrogens with one attached hydrogen (secondary N) is 1. The van der Waals surface area contributed by atoms with E-state index in [4.69, 9.17) is 17.3 Å². The van der Waals surface area contributed by atoms with Gasteiger partial charge >= 0.3 is 0 Å². The Bertz CT molecular complexity index is 869. The van der Waals surface area contributed by atoms with Crippen LogP contribution >= 0.6 is 22.9 Å². The molecule has 2 heterocycles. The number of thiazole rings is 1. The number of halogens is 2. The summed E-state index contributed by atoms with van der Waals surface area (Å²) in [5.41, 5.74) is 6.75. The Morgan fingerprint density at radius 2 is 2.00 bits per heavy atom. The van der Waals surface area contributed by atoms with E-state index in [1.807, 2.05) is 0 Å². The summed E-state index contributed by atoms with van der Waals surface area (Å²) >= 11 is 6.73. The smallest absolute Gasteiger partial charge is 0.206 e. The van der Waals surface area contributed by atoms with Gasteiger partial charge in [-0.25, -0.2) is 9.37 Å². The second kappa shape index (κ2) is 6.31. The van der Waals surface area contributed by atoms with Crippen LogP contribution in [0.5, 0.6) is 0 Å². The first kappa shape index (κ1) is 15.4. The van der Waals surface area contributed by atoms with Crippen molar-refractivity contribution in [3.05, 3.63) is 64.0 Å². The van der Waals surface area contributed by atoms with E-state index in [1.54, 1.807) is 18.2 Å². The molecule has 0 aliphatic carbocycles. The molecule has 0 saturated carbocycles. The number of carbonyl (C=O) groups excluding carboxylic acids is 1. The van der Waals surface area contributed by atoms with Gasteiger partial charge in [0.1, 0.15) is 16.5 Å². The van der Waals surface area contributed by atoms with E-state index >= 15 is 0 Å². The number of pyridine rings is 1. The Labute approximate surface area is 140 Å². The maximum absolute atomic E-state index is 13.4. The summed E-state index contributed by atoms with van der Waals surface area (Å²) < 4.78 is 13.4. The number of anilines is 3. The third kappa shape index (κ3) is 3.30. The first-order valence-corrected chi connectivity index (χ1v) is 7.67. The van der Waals surface area contributed by atoms with Gasteiger partial charge in [-0.3, -0.25) is 9.78 Å². The molecule has 0 fully saturated rings. The van der Waals surface area contributed by atoms with Crippen LogP contribution in [0.25, 0.3) is 0 Å². The fourth-order valence-corrected chi connectivity index (χ4v) is 2.86. The lowest BCUT2D eigenvalue weighted by Crippen LogP contribution is -2.02.